The van der Waals surface area contributed by atoms with Gasteiger partial charge in [0.25, 0.3) is 0 Å². The Bertz CT molecular complexity index is 889. The van der Waals surface area contributed by atoms with E-state index in [1.54, 1.807) is 24.3 Å². The molecule has 28 heavy (non-hydrogen) atoms. The molecule has 7 nitrogen and oxygen atoms in total. The summed E-state index contributed by atoms with van der Waals surface area (Å²) < 4.78 is 15.8. The molecule has 0 radical (unpaired) electrons. The molecule has 1 aliphatic heterocycles. The van der Waals surface area contributed by atoms with Gasteiger partial charge >= 0.3 is 5.97 Å². The molecule has 0 aliphatic carbocycles. The lowest BCUT2D eigenvalue weighted by molar-refractivity contribution is -0.149. The Hall–Kier alpha value is -2.51. The van der Waals surface area contributed by atoms with Crippen LogP contribution in [0.1, 0.15) is 12.0 Å². The molecule has 148 valence electrons. The molecule has 3 rings (SSSR count). The SMILES string of the molecule is COc1cc(OC)c(N2CC(C(=O)OCc3ccc(Cl)nc3)CC2=O)cc1Cl. The highest BCUT2D eigenvalue weighted by Gasteiger charge is 2.37. The lowest BCUT2D eigenvalue weighted by Gasteiger charge is -2.20. The Kier molecular flexibility index (Phi) is 6.26. The maximum Gasteiger partial charge on any atom is 0.311 e. The van der Waals surface area contributed by atoms with E-state index in [1.165, 1.54) is 25.3 Å². The van der Waals surface area contributed by atoms with E-state index in [-0.39, 0.29) is 25.5 Å². The molecule has 1 aromatic heterocycles. The summed E-state index contributed by atoms with van der Waals surface area (Å²) in [6.45, 7) is 0.237. The first kappa shape index (κ1) is 20.2. The summed E-state index contributed by atoms with van der Waals surface area (Å²) in [5, 5.41) is 0.701. The van der Waals surface area contributed by atoms with Gasteiger partial charge < -0.3 is 19.1 Å². The minimum Gasteiger partial charge on any atom is -0.495 e. The maximum atomic E-state index is 12.5. The molecule has 1 unspecified atom stereocenters. The molecule has 1 fully saturated rings. The molecule has 0 N–H and O–H groups in total. The number of nitrogens with zero attached hydrogens (tertiary/aromatic N) is 2. The third-order valence-electron chi connectivity index (χ3n) is 4.37. The monoisotopic (exact) mass is 424 g/mol. The van der Waals surface area contributed by atoms with Gasteiger partial charge in [-0.25, -0.2) is 4.98 Å². The Morgan fingerprint density at radius 2 is 1.96 bits per heavy atom. The first-order chi connectivity index (χ1) is 13.4. The minimum absolute atomic E-state index is 0.0461. The van der Waals surface area contributed by atoms with Crippen LogP contribution in [0.3, 0.4) is 0 Å². The zero-order chi connectivity index (χ0) is 20.3. The number of ether oxygens (including phenoxy) is 3. The van der Waals surface area contributed by atoms with Crippen LogP contribution in [0.15, 0.2) is 30.5 Å². The van der Waals surface area contributed by atoms with Crippen molar-refractivity contribution in [2.75, 3.05) is 25.7 Å². The third kappa shape index (κ3) is 4.31. The number of carbonyl (C=O) groups excluding carboxylic acids is 2. The molecule has 2 aromatic rings. The van der Waals surface area contributed by atoms with E-state index in [9.17, 15) is 9.59 Å². The van der Waals surface area contributed by atoms with Gasteiger partial charge in [0, 0.05) is 30.8 Å². The molecule has 2 heterocycles. The molecule has 0 saturated carbocycles. The highest BCUT2D eigenvalue weighted by molar-refractivity contribution is 6.32. The van der Waals surface area contributed by atoms with E-state index in [2.05, 4.69) is 4.98 Å². The maximum absolute atomic E-state index is 12.5. The molecule has 0 bridgehead atoms. The quantitative estimate of drug-likeness (QED) is 0.521. The number of hydrogen-bond acceptors (Lipinski definition) is 6. The molecule has 9 heteroatoms. The molecule has 1 aliphatic rings. The van der Waals surface area contributed by atoms with Crippen LogP contribution in [0, 0.1) is 5.92 Å². The number of aromatic nitrogens is 1. The number of rotatable bonds is 6. The molecule has 1 saturated heterocycles. The van der Waals surface area contributed by atoms with Crippen molar-refractivity contribution in [2.24, 2.45) is 5.92 Å². The Morgan fingerprint density at radius 3 is 2.61 bits per heavy atom. The average molecular weight is 425 g/mol. The van der Waals surface area contributed by atoms with Gasteiger partial charge in [0.15, 0.2) is 0 Å². The van der Waals surface area contributed by atoms with Gasteiger partial charge in [0.05, 0.1) is 30.8 Å². The van der Waals surface area contributed by atoms with Crippen molar-refractivity contribution in [3.63, 3.8) is 0 Å². The van der Waals surface area contributed by atoms with E-state index in [0.29, 0.717) is 32.9 Å². The number of methoxy groups -OCH3 is 2. The van der Waals surface area contributed by atoms with Crippen molar-refractivity contribution in [3.8, 4) is 11.5 Å². The molecular formula is C19H18Cl2N2O5. The van der Waals surface area contributed by atoms with Crippen molar-refractivity contribution >= 4 is 40.8 Å². The largest absolute Gasteiger partial charge is 0.495 e. The number of carbonyl (C=O) groups is 2. The first-order valence-electron chi connectivity index (χ1n) is 8.42. The zero-order valence-corrected chi connectivity index (χ0v) is 16.8. The number of amides is 1. The highest BCUT2D eigenvalue weighted by atomic mass is 35.5. The van der Waals surface area contributed by atoms with Crippen molar-refractivity contribution in [1.82, 2.24) is 4.98 Å². The second-order valence-electron chi connectivity index (χ2n) is 6.16. The molecule has 0 spiro atoms. The van der Waals surface area contributed by atoms with Crippen LogP contribution in [0.5, 0.6) is 11.5 Å². The zero-order valence-electron chi connectivity index (χ0n) is 15.3. The van der Waals surface area contributed by atoms with Gasteiger partial charge in [-0.05, 0) is 12.1 Å². The van der Waals surface area contributed by atoms with Crippen molar-refractivity contribution < 1.29 is 23.8 Å². The Labute approximate surface area is 172 Å². The van der Waals surface area contributed by atoms with E-state index < -0.39 is 11.9 Å². The summed E-state index contributed by atoms with van der Waals surface area (Å²) >= 11 is 11.9. The normalized spacial score (nSPS) is 16.2. The van der Waals surface area contributed by atoms with Crippen molar-refractivity contribution in [1.29, 1.82) is 0 Å². The molecule has 1 aromatic carbocycles. The second-order valence-corrected chi connectivity index (χ2v) is 6.96. The van der Waals surface area contributed by atoms with E-state index in [0.717, 1.165) is 0 Å². The summed E-state index contributed by atoms with van der Waals surface area (Å²) in [6, 6.07) is 6.53. The number of esters is 1. The fraction of sp³-hybridized carbons (Fsp3) is 0.316. The number of anilines is 1. The summed E-state index contributed by atoms with van der Waals surface area (Å²) in [6.07, 6.45) is 1.58. The van der Waals surface area contributed by atoms with Crippen LogP contribution in [0.2, 0.25) is 10.2 Å². The smallest absolute Gasteiger partial charge is 0.311 e. The van der Waals surface area contributed by atoms with Crippen LogP contribution >= 0.6 is 23.2 Å². The minimum atomic E-state index is -0.585. The first-order valence-corrected chi connectivity index (χ1v) is 9.17. The molecular weight excluding hydrogens is 407 g/mol. The second kappa shape index (κ2) is 8.67. The third-order valence-corrected chi connectivity index (χ3v) is 4.89. The lowest BCUT2D eigenvalue weighted by atomic mass is 10.1. The fourth-order valence-corrected chi connectivity index (χ4v) is 3.26. The van der Waals surface area contributed by atoms with Crippen LogP contribution in [0.25, 0.3) is 0 Å². The van der Waals surface area contributed by atoms with Crippen molar-refractivity contribution in [3.05, 3.63) is 46.2 Å². The van der Waals surface area contributed by atoms with Crippen LogP contribution < -0.4 is 14.4 Å². The Morgan fingerprint density at radius 1 is 1.21 bits per heavy atom. The van der Waals surface area contributed by atoms with Crippen LogP contribution in [-0.4, -0.2) is 37.6 Å². The van der Waals surface area contributed by atoms with Gasteiger partial charge in [-0.15, -0.1) is 0 Å². The van der Waals surface area contributed by atoms with Crippen LogP contribution in [0.4, 0.5) is 5.69 Å². The van der Waals surface area contributed by atoms with Gasteiger partial charge in [-0.2, -0.15) is 0 Å². The summed E-state index contributed by atoms with van der Waals surface area (Å²) in [7, 11) is 2.97. The average Bonchev–Trinajstić information content (AvgIpc) is 3.08. The van der Waals surface area contributed by atoms with Crippen LogP contribution in [-0.2, 0) is 20.9 Å². The standard InChI is InChI=1S/C19H18Cl2N2O5/c1-26-15-7-16(27-2)14(6-13(15)20)23-9-12(5-18(23)24)19(25)28-10-11-3-4-17(21)22-8-11/h3-4,6-8,12H,5,9-10H2,1-2H3. The Balaban J connectivity index is 1.70. The van der Waals surface area contributed by atoms with E-state index in [1.807, 2.05) is 0 Å². The van der Waals surface area contributed by atoms with E-state index in [4.69, 9.17) is 37.4 Å². The topological polar surface area (TPSA) is 78.0 Å². The summed E-state index contributed by atoms with van der Waals surface area (Å²) in [5.41, 5.74) is 1.19. The van der Waals surface area contributed by atoms with Gasteiger partial charge in [-0.3, -0.25) is 9.59 Å². The molecule has 1 atom stereocenters. The predicted molar refractivity (Wildman–Crippen MR) is 104 cm³/mol. The van der Waals surface area contributed by atoms with Gasteiger partial charge in [0.1, 0.15) is 23.3 Å². The van der Waals surface area contributed by atoms with Gasteiger partial charge in [-0.1, -0.05) is 29.3 Å². The molecule has 1 amide bonds. The van der Waals surface area contributed by atoms with E-state index >= 15 is 0 Å². The number of hydrogen-bond donors (Lipinski definition) is 0. The number of benzene rings is 1. The number of halogens is 2. The summed E-state index contributed by atoms with van der Waals surface area (Å²) in [5.74, 6) is -0.394. The number of pyridine rings is 1. The fourth-order valence-electron chi connectivity index (χ4n) is 2.92. The predicted octanol–water partition coefficient (Wildman–Crippen LogP) is 3.50. The van der Waals surface area contributed by atoms with Crippen molar-refractivity contribution in [2.45, 2.75) is 13.0 Å². The lowest BCUT2D eigenvalue weighted by Crippen LogP contribution is -2.27. The van der Waals surface area contributed by atoms with Gasteiger partial charge in [0.2, 0.25) is 5.91 Å². The highest BCUT2D eigenvalue weighted by Crippen LogP contribution is 2.40. The summed E-state index contributed by atoms with van der Waals surface area (Å²) in [4.78, 5) is 30.3.